The molecular formula is C25H32. The fourth-order valence-corrected chi connectivity index (χ4v) is 2.76. The zero-order valence-electron chi connectivity index (χ0n) is 15.6. The van der Waals surface area contributed by atoms with E-state index in [1.807, 2.05) is 0 Å². The molecule has 0 radical (unpaired) electrons. The molecule has 0 atom stereocenters. The lowest BCUT2D eigenvalue weighted by Crippen LogP contribution is -1.90. The molecule has 0 fully saturated rings. The molecule has 0 unspecified atom stereocenters. The van der Waals surface area contributed by atoms with Gasteiger partial charge < -0.3 is 0 Å². The molecule has 0 spiro atoms. The summed E-state index contributed by atoms with van der Waals surface area (Å²) in [5.74, 6) is 0. The van der Waals surface area contributed by atoms with Gasteiger partial charge in [-0.1, -0.05) is 97.8 Å². The maximum absolute atomic E-state index is 2.29. The van der Waals surface area contributed by atoms with Gasteiger partial charge in [0.05, 0.1) is 0 Å². The highest BCUT2D eigenvalue weighted by Crippen LogP contribution is 2.28. The van der Waals surface area contributed by atoms with Crippen LogP contribution in [0.2, 0.25) is 0 Å². The van der Waals surface area contributed by atoms with E-state index in [2.05, 4.69) is 101 Å². The lowest BCUT2D eigenvalue weighted by Gasteiger charge is -2.11. The summed E-state index contributed by atoms with van der Waals surface area (Å²) in [6.45, 7) is 10.7. The first-order chi connectivity index (χ1) is 11.5. The van der Waals surface area contributed by atoms with Crippen LogP contribution in [-0.4, -0.2) is 0 Å². The summed E-state index contributed by atoms with van der Waals surface area (Å²) in [5.41, 5.74) is 9.52. The summed E-state index contributed by atoms with van der Waals surface area (Å²) in [6, 6.07) is 23.8. The van der Waals surface area contributed by atoms with Crippen LogP contribution in [0.15, 0.2) is 66.7 Å². The van der Waals surface area contributed by atoms with Gasteiger partial charge in [0.15, 0.2) is 0 Å². The third-order valence-electron chi connectivity index (χ3n) is 4.30. The predicted molar refractivity (Wildman–Crippen MR) is 113 cm³/mol. The van der Waals surface area contributed by atoms with Gasteiger partial charge in [-0.2, -0.15) is 0 Å². The second kappa shape index (κ2) is 9.84. The quantitative estimate of drug-likeness (QED) is 0.456. The van der Waals surface area contributed by atoms with Crippen LogP contribution >= 0.6 is 0 Å². The van der Waals surface area contributed by atoms with E-state index in [0.29, 0.717) is 0 Å². The number of aryl methyl sites for hydroxylation is 5. The first-order valence-electron chi connectivity index (χ1n) is 8.70. The summed E-state index contributed by atoms with van der Waals surface area (Å²) >= 11 is 0. The van der Waals surface area contributed by atoms with E-state index in [9.17, 15) is 0 Å². The third kappa shape index (κ3) is 5.90. The highest BCUT2D eigenvalue weighted by atomic mass is 14.1. The second-order valence-corrected chi connectivity index (χ2v) is 6.48. The van der Waals surface area contributed by atoms with E-state index in [4.69, 9.17) is 0 Å². The fraction of sp³-hybridized carbons (Fsp3) is 0.280. The topological polar surface area (TPSA) is 0 Å². The Morgan fingerprint density at radius 1 is 0.600 bits per heavy atom. The molecule has 0 aromatic heterocycles. The first kappa shape index (κ1) is 20.7. The van der Waals surface area contributed by atoms with Crippen molar-refractivity contribution in [2.24, 2.45) is 0 Å². The SMILES string of the molecule is C.CCc1ccc(C)cc1-c1ccccc1C.Cc1ccc(C)cc1. The van der Waals surface area contributed by atoms with Gasteiger partial charge in [-0.25, -0.2) is 0 Å². The summed E-state index contributed by atoms with van der Waals surface area (Å²) in [5, 5.41) is 0. The first-order valence-corrected chi connectivity index (χ1v) is 8.70. The molecule has 0 saturated carbocycles. The molecule has 0 nitrogen and oxygen atoms in total. The second-order valence-electron chi connectivity index (χ2n) is 6.48. The van der Waals surface area contributed by atoms with Crippen molar-refractivity contribution in [1.82, 2.24) is 0 Å². The molecule has 0 saturated heterocycles. The van der Waals surface area contributed by atoms with Gasteiger partial charge in [-0.3, -0.25) is 0 Å². The van der Waals surface area contributed by atoms with Gasteiger partial charge >= 0.3 is 0 Å². The maximum Gasteiger partial charge on any atom is -0.0147 e. The Kier molecular flexibility index (Phi) is 8.15. The summed E-state index contributed by atoms with van der Waals surface area (Å²) in [4.78, 5) is 0. The Hall–Kier alpha value is -2.34. The van der Waals surface area contributed by atoms with Crippen molar-refractivity contribution >= 4 is 0 Å². The Morgan fingerprint density at radius 3 is 1.64 bits per heavy atom. The van der Waals surface area contributed by atoms with Crippen molar-refractivity contribution in [3.05, 3.63) is 94.5 Å². The third-order valence-corrected chi connectivity index (χ3v) is 4.30. The molecule has 3 aromatic carbocycles. The molecule has 0 aliphatic rings. The Bertz CT molecular complexity index is 758. The Morgan fingerprint density at radius 2 is 1.12 bits per heavy atom. The van der Waals surface area contributed by atoms with E-state index in [0.717, 1.165) is 6.42 Å². The minimum Gasteiger partial charge on any atom is -0.0776 e. The summed E-state index contributed by atoms with van der Waals surface area (Å²) < 4.78 is 0. The van der Waals surface area contributed by atoms with Crippen molar-refractivity contribution in [3.63, 3.8) is 0 Å². The maximum atomic E-state index is 2.29. The highest BCUT2D eigenvalue weighted by molar-refractivity contribution is 5.71. The number of hydrogen-bond acceptors (Lipinski definition) is 0. The Labute approximate surface area is 154 Å². The summed E-state index contributed by atoms with van der Waals surface area (Å²) in [7, 11) is 0. The van der Waals surface area contributed by atoms with E-state index in [1.165, 1.54) is 38.9 Å². The fourth-order valence-electron chi connectivity index (χ4n) is 2.76. The van der Waals surface area contributed by atoms with Crippen LogP contribution in [0.3, 0.4) is 0 Å². The van der Waals surface area contributed by atoms with Gasteiger partial charge in [-0.15, -0.1) is 0 Å². The van der Waals surface area contributed by atoms with Gasteiger partial charge in [0.1, 0.15) is 0 Å². The average Bonchev–Trinajstić information content (AvgIpc) is 2.58. The van der Waals surface area contributed by atoms with E-state index in [1.54, 1.807) is 0 Å². The Balaban J connectivity index is 0.000000295. The van der Waals surface area contributed by atoms with Crippen molar-refractivity contribution in [2.75, 3.05) is 0 Å². The molecule has 3 aromatic rings. The molecule has 25 heavy (non-hydrogen) atoms. The molecule has 0 heteroatoms. The monoisotopic (exact) mass is 332 g/mol. The number of hydrogen-bond donors (Lipinski definition) is 0. The molecule has 0 N–H and O–H groups in total. The molecule has 0 aliphatic heterocycles. The normalized spacial score (nSPS) is 9.64. The van der Waals surface area contributed by atoms with Crippen LogP contribution < -0.4 is 0 Å². The van der Waals surface area contributed by atoms with E-state index < -0.39 is 0 Å². The van der Waals surface area contributed by atoms with Crippen molar-refractivity contribution in [1.29, 1.82) is 0 Å². The van der Waals surface area contributed by atoms with Crippen LogP contribution in [0.1, 0.15) is 42.2 Å². The van der Waals surface area contributed by atoms with Crippen LogP contribution in [0.25, 0.3) is 11.1 Å². The van der Waals surface area contributed by atoms with E-state index in [-0.39, 0.29) is 7.43 Å². The van der Waals surface area contributed by atoms with Gasteiger partial charge in [-0.05, 0) is 56.4 Å². The number of benzene rings is 3. The highest BCUT2D eigenvalue weighted by Gasteiger charge is 2.05. The van der Waals surface area contributed by atoms with Crippen molar-refractivity contribution in [2.45, 2.75) is 48.5 Å². The zero-order valence-corrected chi connectivity index (χ0v) is 15.6. The minimum absolute atomic E-state index is 0. The van der Waals surface area contributed by atoms with Crippen molar-refractivity contribution in [3.8, 4) is 11.1 Å². The van der Waals surface area contributed by atoms with Crippen LogP contribution in [0, 0.1) is 27.7 Å². The standard InChI is InChI=1S/C16H18.C8H10.CH4/c1-4-14-10-9-12(2)11-16(14)15-8-6-5-7-13(15)3;1-7-3-5-8(2)6-4-7;/h5-11H,4H2,1-3H3;3-6H,1-2H3;1H4. The molecule has 0 heterocycles. The van der Waals surface area contributed by atoms with Gasteiger partial charge in [0.25, 0.3) is 0 Å². The molecule has 0 aliphatic carbocycles. The van der Waals surface area contributed by atoms with Gasteiger partial charge in [0, 0.05) is 0 Å². The smallest absolute Gasteiger partial charge is 0.0147 e. The lowest BCUT2D eigenvalue weighted by molar-refractivity contribution is 1.14. The van der Waals surface area contributed by atoms with Crippen LogP contribution in [0.4, 0.5) is 0 Å². The molecule has 0 bridgehead atoms. The molecular weight excluding hydrogens is 300 g/mol. The predicted octanol–water partition coefficient (Wildman–Crippen LogP) is 7.47. The van der Waals surface area contributed by atoms with Crippen LogP contribution in [-0.2, 0) is 6.42 Å². The largest absolute Gasteiger partial charge is 0.0776 e. The minimum atomic E-state index is 0. The lowest BCUT2D eigenvalue weighted by atomic mass is 9.93. The molecule has 132 valence electrons. The molecule has 3 rings (SSSR count). The van der Waals surface area contributed by atoms with Crippen LogP contribution in [0.5, 0.6) is 0 Å². The zero-order chi connectivity index (χ0) is 17.5. The van der Waals surface area contributed by atoms with Crippen molar-refractivity contribution < 1.29 is 0 Å². The average molecular weight is 333 g/mol. The molecule has 0 amide bonds. The van der Waals surface area contributed by atoms with E-state index >= 15 is 0 Å². The van der Waals surface area contributed by atoms with Gasteiger partial charge in [0.2, 0.25) is 0 Å². The number of rotatable bonds is 2. The summed E-state index contributed by atoms with van der Waals surface area (Å²) in [6.07, 6.45) is 1.09.